The Balaban J connectivity index is 1.64. The van der Waals surface area contributed by atoms with E-state index in [4.69, 9.17) is 4.74 Å². The van der Waals surface area contributed by atoms with E-state index in [1.807, 2.05) is 6.20 Å². The van der Waals surface area contributed by atoms with E-state index in [0.29, 0.717) is 0 Å². The van der Waals surface area contributed by atoms with Crippen molar-refractivity contribution in [3.8, 4) is 5.75 Å². The fourth-order valence-corrected chi connectivity index (χ4v) is 4.09. The first kappa shape index (κ1) is 19.0. The number of aromatic nitrogens is 1. The van der Waals surface area contributed by atoms with Crippen LogP contribution in [-0.4, -0.2) is 11.6 Å². The second-order valence-electron chi connectivity index (χ2n) is 9.84. The summed E-state index contributed by atoms with van der Waals surface area (Å²) in [6.07, 6.45) is 5.25. The third-order valence-corrected chi connectivity index (χ3v) is 5.95. The lowest BCUT2D eigenvalue weighted by Gasteiger charge is -2.28. The summed E-state index contributed by atoms with van der Waals surface area (Å²) in [7, 11) is 0. The Morgan fingerprint density at radius 2 is 1.75 bits per heavy atom. The minimum atomic E-state index is 0.0647. The zero-order chi connectivity index (χ0) is 19.9. The third kappa shape index (κ3) is 3.78. The lowest BCUT2D eigenvalue weighted by Crippen LogP contribution is -2.21. The van der Waals surface area contributed by atoms with Crippen LogP contribution in [0.4, 0.5) is 0 Å². The molecular weight excluding hydrogens is 342 g/mol. The van der Waals surface area contributed by atoms with Crippen LogP contribution in [0.5, 0.6) is 5.75 Å². The normalized spacial score (nSPS) is 14.6. The van der Waals surface area contributed by atoms with Gasteiger partial charge in [-0.05, 0) is 76.6 Å². The van der Waals surface area contributed by atoms with Gasteiger partial charge in [-0.1, -0.05) is 52.8 Å². The number of pyridine rings is 1. The maximum absolute atomic E-state index is 5.79. The van der Waals surface area contributed by atoms with Crippen molar-refractivity contribution in [2.75, 3.05) is 6.61 Å². The molecule has 1 aliphatic rings. The number of ether oxygens (including phenoxy) is 1. The van der Waals surface area contributed by atoms with Gasteiger partial charge in [0.1, 0.15) is 5.75 Å². The SMILES string of the molecule is CC(C)(C)c1cnc2ccc(CC(C)(C)c3ccc4c(c3)CCCO4)cc2c1. The first-order chi connectivity index (χ1) is 13.2. The van der Waals surface area contributed by atoms with E-state index in [1.165, 1.54) is 27.6 Å². The predicted octanol–water partition coefficient (Wildman–Crippen LogP) is 6.38. The predicted molar refractivity (Wildman–Crippen MR) is 117 cm³/mol. The molecule has 146 valence electrons. The summed E-state index contributed by atoms with van der Waals surface area (Å²) < 4.78 is 5.79. The van der Waals surface area contributed by atoms with Crippen molar-refractivity contribution in [3.05, 3.63) is 70.9 Å². The van der Waals surface area contributed by atoms with Crippen molar-refractivity contribution < 1.29 is 4.74 Å². The van der Waals surface area contributed by atoms with Crippen LogP contribution >= 0.6 is 0 Å². The molecule has 4 rings (SSSR count). The number of hydrogen-bond acceptors (Lipinski definition) is 2. The van der Waals surface area contributed by atoms with E-state index < -0.39 is 0 Å². The van der Waals surface area contributed by atoms with E-state index >= 15 is 0 Å². The molecule has 1 aromatic heterocycles. The van der Waals surface area contributed by atoms with Gasteiger partial charge in [-0.15, -0.1) is 0 Å². The van der Waals surface area contributed by atoms with Crippen molar-refractivity contribution in [1.29, 1.82) is 0 Å². The number of hydrogen-bond donors (Lipinski definition) is 0. The molecule has 0 fully saturated rings. The molecule has 0 bridgehead atoms. The van der Waals surface area contributed by atoms with Crippen LogP contribution in [0.25, 0.3) is 10.9 Å². The van der Waals surface area contributed by atoms with E-state index in [0.717, 1.165) is 37.1 Å². The highest BCUT2D eigenvalue weighted by molar-refractivity contribution is 5.80. The molecule has 0 N–H and O–H groups in total. The summed E-state index contributed by atoms with van der Waals surface area (Å²) >= 11 is 0. The van der Waals surface area contributed by atoms with Crippen LogP contribution in [0.1, 0.15) is 63.3 Å². The van der Waals surface area contributed by atoms with Gasteiger partial charge in [0.15, 0.2) is 0 Å². The zero-order valence-electron chi connectivity index (χ0n) is 17.8. The first-order valence-electron chi connectivity index (χ1n) is 10.4. The van der Waals surface area contributed by atoms with Gasteiger partial charge < -0.3 is 4.74 Å². The van der Waals surface area contributed by atoms with Crippen molar-refractivity contribution in [2.45, 2.75) is 64.7 Å². The minimum absolute atomic E-state index is 0.0647. The fourth-order valence-electron chi connectivity index (χ4n) is 4.09. The molecule has 3 aromatic rings. The number of fused-ring (bicyclic) bond motifs is 2. The molecule has 0 saturated heterocycles. The number of benzene rings is 2. The van der Waals surface area contributed by atoms with E-state index in [1.54, 1.807) is 0 Å². The highest BCUT2D eigenvalue weighted by Gasteiger charge is 2.23. The van der Waals surface area contributed by atoms with Crippen molar-refractivity contribution in [1.82, 2.24) is 4.98 Å². The molecule has 2 nitrogen and oxygen atoms in total. The Morgan fingerprint density at radius 1 is 0.929 bits per heavy atom. The van der Waals surface area contributed by atoms with Crippen LogP contribution in [-0.2, 0) is 23.7 Å². The molecule has 0 saturated carbocycles. The quantitative estimate of drug-likeness (QED) is 0.531. The van der Waals surface area contributed by atoms with E-state index in [2.05, 4.69) is 82.1 Å². The average Bonchev–Trinajstić information content (AvgIpc) is 2.66. The molecular formula is C26H31NO. The maximum atomic E-state index is 5.79. The molecule has 2 heterocycles. The summed E-state index contributed by atoms with van der Waals surface area (Å²) in [6, 6.07) is 15.8. The largest absolute Gasteiger partial charge is 0.493 e. The molecule has 28 heavy (non-hydrogen) atoms. The highest BCUT2D eigenvalue weighted by Crippen LogP contribution is 2.34. The van der Waals surface area contributed by atoms with Crippen molar-refractivity contribution in [2.24, 2.45) is 0 Å². The van der Waals surface area contributed by atoms with Crippen LogP contribution in [0.15, 0.2) is 48.7 Å². The van der Waals surface area contributed by atoms with E-state index in [9.17, 15) is 0 Å². The third-order valence-electron chi connectivity index (χ3n) is 5.95. The van der Waals surface area contributed by atoms with Gasteiger partial charge in [0.05, 0.1) is 12.1 Å². The van der Waals surface area contributed by atoms with Gasteiger partial charge >= 0.3 is 0 Å². The highest BCUT2D eigenvalue weighted by atomic mass is 16.5. The molecule has 0 amide bonds. The van der Waals surface area contributed by atoms with Crippen molar-refractivity contribution in [3.63, 3.8) is 0 Å². The lowest BCUT2D eigenvalue weighted by molar-refractivity contribution is 0.288. The van der Waals surface area contributed by atoms with Crippen LogP contribution < -0.4 is 4.74 Å². The second-order valence-corrected chi connectivity index (χ2v) is 9.84. The number of aryl methyl sites for hydroxylation is 1. The Bertz CT molecular complexity index is 1010. The molecule has 0 atom stereocenters. The monoisotopic (exact) mass is 373 g/mol. The van der Waals surface area contributed by atoms with Gasteiger partial charge in [-0.25, -0.2) is 0 Å². The topological polar surface area (TPSA) is 22.1 Å². The van der Waals surface area contributed by atoms with Gasteiger partial charge in [0.25, 0.3) is 0 Å². The Kier molecular flexibility index (Phi) is 4.69. The molecule has 0 aliphatic carbocycles. The standard InChI is InChI=1S/C26H31NO/c1-25(2,3)22-15-20-13-18(8-10-23(20)27-17-22)16-26(4,5)21-9-11-24-19(14-21)7-6-12-28-24/h8-11,13-15,17H,6-7,12,16H2,1-5H3. The van der Waals surface area contributed by atoms with Crippen LogP contribution in [0.3, 0.4) is 0 Å². The Morgan fingerprint density at radius 3 is 2.54 bits per heavy atom. The number of nitrogens with zero attached hydrogens (tertiary/aromatic N) is 1. The van der Waals surface area contributed by atoms with Crippen LogP contribution in [0.2, 0.25) is 0 Å². The fraction of sp³-hybridized carbons (Fsp3) is 0.423. The summed E-state index contributed by atoms with van der Waals surface area (Å²) in [5.41, 5.74) is 6.63. The summed E-state index contributed by atoms with van der Waals surface area (Å²) in [6.45, 7) is 12.2. The van der Waals surface area contributed by atoms with Gasteiger partial charge in [-0.2, -0.15) is 0 Å². The van der Waals surface area contributed by atoms with Gasteiger partial charge in [-0.3, -0.25) is 4.98 Å². The molecule has 2 aromatic carbocycles. The van der Waals surface area contributed by atoms with Gasteiger partial charge in [0, 0.05) is 11.6 Å². The zero-order valence-corrected chi connectivity index (χ0v) is 17.8. The molecule has 0 unspecified atom stereocenters. The average molecular weight is 374 g/mol. The minimum Gasteiger partial charge on any atom is -0.493 e. The van der Waals surface area contributed by atoms with E-state index in [-0.39, 0.29) is 10.8 Å². The number of rotatable bonds is 3. The Hall–Kier alpha value is -2.35. The summed E-state index contributed by atoms with van der Waals surface area (Å²) in [5, 5.41) is 1.24. The first-order valence-corrected chi connectivity index (χ1v) is 10.4. The molecule has 0 spiro atoms. The van der Waals surface area contributed by atoms with Crippen LogP contribution in [0, 0.1) is 0 Å². The molecule has 0 radical (unpaired) electrons. The smallest absolute Gasteiger partial charge is 0.122 e. The van der Waals surface area contributed by atoms with Crippen molar-refractivity contribution >= 4 is 10.9 Å². The van der Waals surface area contributed by atoms with Gasteiger partial charge in [0.2, 0.25) is 0 Å². The summed E-state index contributed by atoms with van der Waals surface area (Å²) in [4.78, 5) is 4.68. The Labute approximate surface area is 169 Å². The second kappa shape index (κ2) is 6.92. The molecule has 2 heteroatoms. The lowest BCUT2D eigenvalue weighted by atomic mass is 9.78. The maximum Gasteiger partial charge on any atom is 0.122 e. The molecule has 1 aliphatic heterocycles. The summed E-state index contributed by atoms with van der Waals surface area (Å²) in [5.74, 6) is 1.07.